The molecule has 0 fully saturated rings. The Kier molecular flexibility index (Phi) is 5.60. The third-order valence-corrected chi connectivity index (χ3v) is 4.22. The quantitative estimate of drug-likeness (QED) is 0.555. The summed E-state index contributed by atoms with van der Waals surface area (Å²) in [6.07, 6.45) is 3.31. The van der Waals surface area contributed by atoms with Gasteiger partial charge in [0, 0.05) is 22.9 Å². The molecule has 3 nitrogen and oxygen atoms in total. The van der Waals surface area contributed by atoms with Crippen LogP contribution in [0.15, 0.2) is 48.5 Å². The van der Waals surface area contributed by atoms with E-state index in [2.05, 4.69) is 46.9 Å². The van der Waals surface area contributed by atoms with E-state index in [4.69, 9.17) is 0 Å². The number of carbonyl (C=O) groups excluding carboxylic acids is 1. The van der Waals surface area contributed by atoms with Gasteiger partial charge in [0.15, 0.2) is 0 Å². The summed E-state index contributed by atoms with van der Waals surface area (Å²) < 4.78 is 0. The highest BCUT2D eigenvalue weighted by Gasteiger charge is 2.26. The topological polar surface area (TPSA) is 49.3 Å². The number of benzene rings is 2. The van der Waals surface area contributed by atoms with Crippen LogP contribution < -0.4 is 5.32 Å². The maximum absolute atomic E-state index is 12.3. The summed E-state index contributed by atoms with van der Waals surface area (Å²) in [4.78, 5) is 12.3. The van der Waals surface area contributed by atoms with Crippen molar-refractivity contribution < 1.29 is 9.90 Å². The van der Waals surface area contributed by atoms with E-state index in [-0.39, 0.29) is 16.7 Å². The molecule has 2 rings (SSSR count). The van der Waals surface area contributed by atoms with E-state index in [1.54, 1.807) is 6.08 Å². The molecule has 0 spiro atoms. The number of anilines is 1. The molecule has 0 heterocycles. The van der Waals surface area contributed by atoms with Crippen LogP contribution in [0.1, 0.15) is 58.2 Å². The minimum Gasteiger partial charge on any atom is -0.507 e. The van der Waals surface area contributed by atoms with E-state index in [0.29, 0.717) is 11.4 Å². The van der Waals surface area contributed by atoms with Gasteiger partial charge in [-0.05, 0) is 34.6 Å². The van der Waals surface area contributed by atoms with Crippen LogP contribution in [0, 0.1) is 0 Å². The van der Waals surface area contributed by atoms with Crippen LogP contribution >= 0.6 is 0 Å². The van der Waals surface area contributed by atoms with Gasteiger partial charge in [-0.25, -0.2) is 0 Å². The lowest BCUT2D eigenvalue weighted by atomic mass is 9.79. The lowest BCUT2D eigenvalue weighted by molar-refractivity contribution is -0.111. The number of rotatable bonds is 3. The second-order valence-corrected chi connectivity index (χ2v) is 8.65. The Morgan fingerprint density at radius 2 is 1.42 bits per heavy atom. The fourth-order valence-electron chi connectivity index (χ4n) is 2.77. The summed E-state index contributed by atoms with van der Waals surface area (Å²) in [7, 11) is 0. The van der Waals surface area contributed by atoms with Gasteiger partial charge in [-0.15, -0.1) is 0 Å². The van der Waals surface area contributed by atoms with Crippen molar-refractivity contribution in [2.75, 3.05) is 5.32 Å². The summed E-state index contributed by atoms with van der Waals surface area (Å²) >= 11 is 0. The number of aromatic hydroxyl groups is 1. The Hall–Kier alpha value is -2.55. The summed E-state index contributed by atoms with van der Waals surface area (Å²) in [6, 6.07) is 13.4. The average molecular weight is 351 g/mol. The van der Waals surface area contributed by atoms with E-state index >= 15 is 0 Å². The Labute approximate surface area is 156 Å². The number of nitrogens with one attached hydrogen (secondary N) is 1. The van der Waals surface area contributed by atoms with Crippen LogP contribution in [0.25, 0.3) is 6.08 Å². The fourth-order valence-corrected chi connectivity index (χ4v) is 2.77. The van der Waals surface area contributed by atoms with E-state index in [0.717, 1.165) is 16.7 Å². The number of amides is 1. The molecule has 0 aliphatic rings. The van der Waals surface area contributed by atoms with E-state index in [9.17, 15) is 9.90 Å². The average Bonchev–Trinajstić information content (AvgIpc) is 2.53. The second-order valence-electron chi connectivity index (χ2n) is 8.65. The highest BCUT2D eigenvalue weighted by Crippen LogP contribution is 2.41. The Bertz CT molecular complexity index is 771. The predicted molar refractivity (Wildman–Crippen MR) is 110 cm³/mol. The summed E-state index contributed by atoms with van der Waals surface area (Å²) in [5.74, 6) is 0.113. The highest BCUT2D eigenvalue weighted by atomic mass is 16.3. The monoisotopic (exact) mass is 351 g/mol. The van der Waals surface area contributed by atoms with Crippen molar-refractivity contribution in [1.82, 2.24) is 0 Å². The number of carbonyl (C=O) groups is 1. The fraction of sp³-hybridized carbons (Fsp3) is 0.348. The van der Waals surface area contributed by atoms with Crippen LogP contribution in [-0.2, 0) is 15.6 Å². The molecule has 26 heavy (non-hydrogen) atoms. The Balaban J connectivity index is 2.34. The molecule has 0 atom stereocenters. The van der Waals surface area contributed by atoms with Gasteiger partial charge in [-0.1, -0.05) is 71.9 Å². The normalized spacial score (nSPS) is 12.4. The molecular formula is C23H29NO2. The van der Waals surface area contributed by atoms with E-state index in [1.807, 2.05) is 42.5 Å². The molecule has 0 saturated heterocycles. The molecule has 2 N–H and O–H groups in total. The third-order valence-electron chi connectivity index (χ3n) is 4.22. The van der Waals surface area contributed by atoms with Crippen molar-refractivity contribution in [1.29, 1.82) is 0 Å². The van der Waals surface area contributed by atoms with Crippen molar-refractivity contribution >= 4 is 17.7 Å². The van der Waals surface area contributed by atoms with Crippen molar-refractivity contribution in [2.24, 2.45) is 0 Å². The van der Waals surface area contributed by atoms with Crippen LogP contribution in [0.3, 0.4) is 0 Å². The first-order valence-corrected chi connectivity index (χ1v) is 8.90. The van der Waals surface area contributed by atoms with Gasteiger partial charge in [-0.3, -0.25) is 4.79 Å². The Morgan fingerprint density at radius 1 is 0.923 bits per heavy atom. The number of hydrogen-bond donors (Lipinski definition) is 2. The largest absolute Gasteiger partial charge is 0.507 e. The third kappa shape index (κ3) is 4.98. The van der Waals surface area contributed by atoms with Crippen LogP contribution in [0.2, 0.25) is 0 Å². The van der Waals surface area contributed by atoms with Gasteiger partial charge in [0.1, 0.15) is 5.75 Å². The molecule has 0 bridgehead atoms. The van der Waals surface area contributed by atoms with Crippen molar-refractivity contribution in [3.63, 3.8) is 0 Å². The van der Waals surface area contributed by atoms with Gasteiger partial charge in [0.2, 0.25) is 5.91 Å². The first-order valence-electron chi connectivity index (χ1n) is 8.90. The molecule has 138 valence electrons. The zero-order valence-electron chi connectivity index (χ0n) is 16.6. The SMILES string of the molecule is CC(C)(C)c1cc(NC(=O)C=Cc2ccccc2)cc(C(C)(C)C)c1O. The molecule has 0 aliphatic heterocycles. The minimum absolute atomic E-state index is 0.195. The summed E-state index contributed by atoms with van der Waals surface area (Å²) in [6.45, 7) is 12.3. The van der Waals surface area contributed by atoms with Gasteiger partial charge < -0.3 is 10.4 Å². The van der Waals surface area contributed by atoms with Crippen molar-refractivity contribution in [2.45, 2.75) is 52.4 Å². The first-order chi connectivity index (χ1) is 12.0. The highest BCUT2D eigenvalue weighted by molar-refractivity contribution is 6.02. The molecule has 0 aliphatic carbocycles. The summed E-state index contributed by atoms with van der Waals surface area (Å²) in [5.41, 5.74) is 2.86. The second kappa shape index (κ2) is 7.36. The van der Waals surface area contributed by atoms with Gasteiger partial charge in [-0.2, -0.15) is 0 Å². The van der Waals surface area contributed by atoms with E-state index < -0.39 is 0 Å². The first kappa shape index (κ1) is 19.8. The molecule has 2 aromatic rings. The lowest BCUT2D eigenvalue weighted by Gasteiger charge is -2.28. The lowest BCUT2D eigenvalue weighted by Crippen LogP contribution is -2.19. The number of phenols is 1. The molecule has 0 radical (unpaired) electrons. The molecular weight excluding hydrogens is 322 g/mol. The zero-order valence-corrected chi connectivity index (χ0v) is 16.6. The Morgan fingerprint density at radius 3 is 1.88 bits per heavy atom. The maximum Gasteiger partial charge on any atom is 0.248 e. The molecule has 2 aromatic carbocycles. The number of phenolic OH excluding ortho intramolecular Hbond substituents is 1. The van der Waals surface area contributed by atoms with Crippen molar-refractivity contribution in [3.8, 4) is 5.75 Å². The zero-order chi connectivity index (χ0) is 19.5. The van der Waals surface area contributed by atoms with E-state index in [1.165, 1.54) is 6.08 Å². The van der Waals surface area contributed by atoms with Crippen molar-refractivity contribution in [3.05, 3.63) is 65.2 Å². The van der Waals surface area contributed by atoms with Gasteiger partial charge >= 0.3 is 0 Å². The van der Waals surface area contributed by atoms with Crippen LogP contribution in [-0.4, -0.2) is 11.0 Å². The van der Waals surface area contributed by atoms with Gasteiger partial charge in [0.05, 0.1) is 0 Å². The molecule has 3 heteroatoms. The molecule has 0 unspecified atom stereocenters. The molecule has 0 aromatic heterocycles. The van der Waals surface area contributed by atoms with Gasteiger partial charge in [0.25, 0.3) is 0 Å². The summed E-state index contributed by atoms with van der Waals surface area (Å²) in [5, 5.41) is 13.7. The van der Waals surface area contributed by atoms with Crippen LogP contribution in [0.5, 0.6) is 5.75 Å². The molecule has 1 amide bonds. The number of hydrogen-bond acceptors (Lipinski definition) is 2. The predicted octanol–water partition coefficient (Wildman–Crippen LogP) is 5.64. The van der Waals surface area contributed by atoms with Crippen LogP contribution in [0.4, 0.5) is 5.69 Å². The standard InChI is InChI=1S/C23H29NO2/c1-22(2,3)18-14-17(15-19(21(18)26)23(4,5)6)24-20(25)13-12-16-10-8-7-9-11-16/h7-15,26H,1-6H3,(H,24,25). The smallest absolute Gasteiger partial charge is 0.248 e. The maximum atomic E-state index is 12.3. The minimum atomic E-state index is -0.231. The molecule has 0 saturated carbocycles.